The van der Waals surface area contributed by atoms with E-state index in [9.17, 15) is 9.18 Å². The molecule has 3 aromatic rings. The number of urea groups is 1. The molecule has 0 bridgehead atoms. The smallest absolute Gasteiger partial charge is 0.315 e. The first-order valence-corrected chi connectivity index (χ1v) is 10.4. The van der Waals surface area contributed by atoms with E-state index in [2.05, 4.69) is 20.8 Å². The van der Waals surface area contributed by atoms with Crippen molar-refractivity contribution in [3.8, 4) is 5.69 Å². The van der Waals surface area contributed by atoms with E-state index in [1.165, 1.54) is 23.9 Å². The van der Waals surface area contributed by atoms with Crippen LogP contribution in [0.1, 0.15) is 23.9 Å². The van der Waals surface area contributed by atoms with E-state index >= 15 is 0 Å². The number of halogens is 2. The summed E-state index contributed by atoms with van der Waals surface area (Å²) in [5, 5.41) is 15.3. The SMILES string of the molecule is CCNC(=O)NCc1nnc(SCc2ccc(F)cc2)n1-c1cc(Cl)ccc1C. The Morgan fingerprint density at radius 1 is 1.17 bits per heavy atom. The molecule has 0 aliphatic heterocycles. The molecule has 9 heteroatoms. The fourth-order valence-electron chi connectivity index (χ4n) is 2.68. The highest BCUT2D eigenvalue weighted by Gasteiger charge is 2.17. The van der Waals surface area contributed by atoms with Crippen molar-refractivity contribution in [1.29, 1.82) is 0 Å². The van der Waals surface area contributed by atoms with Gasteiger partial charge in [0.15, 0.2) is 11.0 Å². The standard InChI is InChI=1S/C20H21ClFN5OS/c1-3-23-19(28)24-11-18-25-26-20(29-12-14-5-8-16(22)9-6-14)27(18)17-10-15(21)7-4-13(17)2/h4-10H,3,11-12H2,1-2H3,(H2,23,24,28). The van der Waals surface area contributed by atoms with Gasteiger partial charge in [0, 0.05) is 17.3 Å². The third kappa shape index (κ3) is 5.48. The minimum Gasteiger partial charge on any atom is -0.338 e. The molecule has 0 unspecified atom stereocenters. The Kier molecular flexibility index (Phi) is 7.11. The van der Waals surface area contributed by atoms with Crippen LogP contribution in [0.5, 0.6) is 0 Å². The molecule has 0 saturated heterocycles. The van der Waals surface area contributed by atoms with Gasteiger partial charge in [-0.25, -0.2) is 9.18 Å². The summed E-state index contributed by atoms with van der Waals surface area (Å²) in [6, 6.07) is 11.7. The Morgan fingerprint density at radius 3 is 2.66 bits per heavy atom. The van der Waals surface area contributed by atoms with E-state index in [1.54, 1.807) is 12.1 Å². The third-order valence-corrected chi connectivity index (χ3v) is 5.37. The van der Waals surface area contributed by atoms with Crippen LogP contribution >= 0.6 is 23.4 Å². The Bertz CT molecular complexity index is 993. The molecule has 0 aliphatic rings. The molecule has 0 aliphatic carbocycles. The first-order valence-electron chi connectivity index (χ1n) is 9.07. The van der Waals surface area contributed by atoms with Gasteiger partial charge in [-0.2, -0.15) is 0 Å². The van der Waals surface area contributed by atoms with Gasteiger partial charge < -0.3 is 10.6 Å². The van der Waals surface area contributed by atoms with Crippen LogP contribution in [0, 0.1) is 12.7 Å². The Hall–Kier alpha value is -2.58. The summed E-state index contributed by atoms with van der Waals surface area (Å²) >= 11 is 7.69. The zero-order valence-electron chi connectivity index (χ0n) is 16.1. The number of amides is 2. The summed E-state index contributed by atoms with van der Waals surface area (Å²) < 4.78 is 15.0. The third-order valence-electron chi connectivity index (χ3n) is 4.14. The predicted octanol–water partition coefficient (Wildman–Crippen LogP) is 4.48. The lowest BCUT2D eigenvalue weighted by Crippen LogP contribution is -2.35. The summed E-state index contributed by atoms with van der Waals surface area (Å²) in [5.74, 6) is 0.917. The van der Waals surface area contributed by atoms with Crippen LogP contribution in [-0.2, 0) is 12.3 Å². The molecule has 0 radical (unpaired) electrons. The van der Waals surface area contributed by atoms with Gasteiger partial charge in [-0.3, -0.25) is 4.57 Å². The number of aromatic nitrogens is 3. The zero-order chi connectivity index (χ0) is 20.8. The molecule has 2 aromatic carbocycles. The van der Waals surface area contributed by atoms with Gasteiger partial charge >= 0.3 is 6.03 Å². The van der Waals surface area contributed by atoms with Crippen molar-refractivity contribution in [1.82, 2.24) is 25.4 Å². The monoisotopic (exact) mass is 433 g/mol. The molecule has 6 nitrogen and oxygen atoms in total. The van der Waals surface area contributed by atoms with Crippen molar-refractivity contribution in [2.45, 2.75) is 31.3 Å². The molecule has 2 N–H and O–H groups in total. The lowest BCUT2D eigenvalue weighted by atomic mass is 10.2. The van der Waals surface area contributed by atoms with Gasteiger partial charge in [-0.05, 0) is 49.2 Å². The molecule has 2 amide bonds. The second-order valence-electron chi connectivity index (χ2n) is 6.29. The minimum atomic E-state index is -0.273. The van der Waals surface area contributed by atoms with Crippen LogP contribution in [0.15, 0.2) is 47.6 Å². The quantitative estimate of drug-likeness (QED) is 0.539. The van der Waals surface area contributed by atoms with Gasteiger partial charge in [0.2, 0.25) is 0 Å². The maximum atomic E-state index is 13.1. The number of thioether (sulfide) groups is 1. The molecule has 0 saturated carbocycles. The average Bonchev–Trinajstić information content (AvgIpc) is 3.10. The van der Waals surface area contributed by atoms with Crippen LogP contribution in [0.2, 0.25) is 5.02 Å². The van der Waals surface area contributed by atoms with Gasteiger partial charge in [0.25, 0.3) is 0 Å². The van der Waals surface area contributed by atoms with Crippen molar-refractivity contribution in [2.75, 3.05) is 6.54 Å². The molecule has 29 heavy (non-hydrogen) atoms. The highest BCUT2D eigenvalue weighted by atomic mass is 35.5. The van der Waals surface area contributed by atoms with E-state index < -0.39 is 0 Å². The lowest BCUT2D eigenvalue weighted by molar-refractivity contribution is 0.240. The van der Waals surface area contributed by atoms with E-state index in [1.807, 2.05) is 36.6 Å². The first-order chi connectivity index (χ1) is 14.0. The zero-order valence-corrected chi connectivity index (χ0v) is 17.6. The number of carbonyl (C=O) groups is 1. The molecule has 0 spiro atoms. The molecule has 152 valence electrons. The lowest BCUT2D eigenvalue weighted by Gasteiger charge is -2.14. The van der Waals surface area contributed by atoms with E-state index in [4.69, 9.17) is 11.6 Å². The minimum absolute atomic E-state index is 0.210. The molecule has 1 heterocycles. The van der Waals surface area contributed by atoms with Crippen LogP contribution in [-0.4, -0.2) is 27.3 Å². The summed E-state index contributed by atoms with van der Waals surface area (Å²) in [4.78, 5) is 11.8. The molecule has 0 fully saturated rings. The van der Waals surface area contributed by atoms with Crippen LogP contribution in [0.4, 0.5) is 9.18 Å². The van der Waals surface area contributed by atoms with Crippen molar-refractivity contribution < 1.29 is 9.18 Å². The number of benzene rings is 2. The number of nitrogens with one attached hydrogen (secondary N) is 2. The van der Waals surface area contributed by atoms with Crippen molar-refractivity contribution in [3.05, 3.63) is 70.3 Å². The summed E-state index contributed by atoms with van der Waals surface area (Å²) in [6.45, 7) is 4.56. The summed E-state index contributed by atoms with van der Waals surface area (Å²) in [5.41, 5.74) is 2.81. The molecule has 1 aromatic heterocycles. The van der Waals surface area contributed by atoms with Gasteiger partial charge in [-0.15, -0.1) is 10.2 Å². The van der Waals surface area contributed by atoms with E-state index in [-0.39, 0.29) is 18.4 Å². The molecular weight excluding hydrogens is 413 g/mol. The largest absolute Gasteiger partial charge is 0.338 e. The Labute approximate surface area is 177 Å². The number of hydrogen-bond donors (Lipinski definition) is 2. The highest BCUT2D eigenvalue weighted by molar-refractivity contribution is 7.98. The number of hydrogen-bond acceptors (Lipinski definition) is 4. The first kappa shape index (κ1) is 21.1. The number of nitrogens with zero attached hydrogens (tertiary/aromatic N) is 3. The van der Waals surface area contributed by atoms with Crippen LogP contribution in [0.3, 0.4) is 0 Å². The van der Waals surface area contributed by atoms with Crippen molar-refractivity contribution in [2.24, 2.45) is 0 Å². The van der Waals surface area contributed by atoms with Gasteiger partial charge in [-0.1, -0.05) is 41.6 Å². The summed E-state index contributed by atoms with van der Waals surface area (Å²) in [6.07, 6.45) is 0. The maximum absolute atomic E-state index is 13.1. The normalized spacial score (nSPS) is 10.8. The Morgan fingerprint density at radius 2 is 1.93 bits per heavy atom. The van der Waals surface area contributed by atoms with E-state index in [0.29, 0.717) is 28.3 Å². The van der Waals surface area contributed by atoms with Crippen LogP contribution in [0.25, 0.3) is 5.69 Å². The van der Waals surface area contributed by atoms with Gasteiger partial charge in [0.1, 0.15) is 5.82 Å². The molecular formula is C20H21ClFN5OS. The molecule has 0 atom stereocenters. The van der Waals surface area contributed by atoms with Crippen LogP contribution < -0.4 is 10.6 Å². The van der Waals surface area contributed by atoms with Crippen molar-refractivity contribution in [3.63, 3.8) is 0 Å². The Balaban J connectivity index is 1.89. The number of rotatable bonds is 7. The highest BCUT2D eigenvalue weighted by Crippen LogP contribution is 2.28. The maximum Gasteiger partial charge on any atom is 0.315 e. The second-order valence-corrected chi connectivity index (χ2v) is 7.67. The topological polar surface area (TPSA) is 71.8 Å². The average molecular weight is 434 g/mol. The number of aryl methyl sites for hydroxylation is 1. The summed E-state index contributed by atoms with van der Waals surface area (Å²) in [7, 11) is 0. The van der Waals surface area contributed by atoms with Crippen molar-refractivity contribution >= 4 is 29.4 Å². The predicted molar refractivity (Wildman–Crippen MR) is 113 cm³/mol. The van der Waals surface area contributed by atoms with Gasteiger partial charge in [0.05, 0.1) is 12.2 Å². The van der Waals surface area contributed by atoms with E-state index in [0.717, 1.165) is 16.8 Å². The molecule has 3 rings (SSSR count). The fourth-order valence-corrected chi connectivity index (χ4v) is 3.77. The fraction of sp³-hybridized carbons (Fsp3) is 0.250. The number of carbonyl (C=O) groups excluding carboxylic acids is 1. The second kappa shape index (κ2) is 9.76.